The third-order valence-corrected chi connectivity index (χ3v) is 6.76. The van der Waals surface area contributed by atoms with Crippen molar-refractivity contribution in [3.63, 3.8) is 0 Å². The van der Waals surface area contributed by atoms with E-state index in [1.807, 2.05) is 6.92 Å². The smallest absolute Gasteiger partial charge is 0.246 e. The Morgan fingerprint density at radius 3 is 2.38 bits per heavy atom. The number of nitrogens with zero attached hydrogens (tertiary/aromatic N) is 2. The van der Waals surface area contributed by atoms with E-state index in [1.54, 1.807) is 6.20 Å². The molecule has 0 radical (unpaired) electrons. The Labute approximate surface area is 145 Å². The molecule has 114 valence electrons. The van der Waals surface area contributed by atoms with E-state index in [2.05, 4.69) is 20.9 Å². The van der Waals surface area contributed by atoms with Crippen molar-refractivity contribution in [1.82, 2.24) is 9.29 Å². The van der Waals surface area contributed by atoms with Gasteiger partial charge in [-0.3, -0.25) is 0 Å². The van der Waals surface area contributed by atoms with Crippen LogP contribution in [0.25, 0.3) is 0 Å². The zero-order valence-electron chi connectivity index (χ0n) is 11.1. The van der Waals surface area contributed by atoms with Crippen LogP contribution in [0.3, 0.4) is 0 Å². The molecular formula is C12H11BrCl2N2O2S2. The zero-order valence-corrected chi connectivity index (χ0v) is 15.8. The van der Waals surface area contributed by atoms with Gasteiger partial charge in [-0.1, -0.05) is 39.1 Å². The van der Waals surface area contributed by atoms with E-state index in [1.165, 1.54) is 34.8 Å². The summed E-state index contributed by atoms with van der Waals surface area (Å²) in [4.78, 5) is 4.87. The van der Waals surface area contributed by atoms with Gasteiger partial charge in [0, 0.05) is 29.1 Å². The number of hydrogen-bond acceptors (Lipinski definition) is 4. The minimum Gasteiger partial charge on any atom is -0.250 e. The molecule has 9 heteroatoms. The fourth-order valence-electron chi connectivity index (χ4n) is 1.71. The van der Waals surface area contributed by atoms with Crippen LogP contribution in [0.4, 0.5) is 0 Å². The van der Waals surface area contributed by atoms with Crippen LogP contribution in [0.1, 0.15) is 9.88 Å². The third kappa shape index (κ3) is 3.78. The van der Waals surface area contributed by atoms with Crippen LogP contribution in [0.15, 0.2) is 27.7 Å². The first-order valence-electron chi connectivity index (χ1n) is 5.74. The maximum Gasteiger partial charge on any atom is 0.246 e. The van der Waals surface area contributed by atoms with Crippen molar-refractivity contribution in [3.8, 4) is 0 Å². The second kappa shape index (κ2) is 6.52. The SMILES string of the molecule is Cc1ncc(CN(C)S(=O)(=O)c2c(Cl)cc(Br)cc2Cl)s1. The van der Waals surface area contributed by atoms with Gasteiger partial charge < -0.3 is 0 Å². The molecule has 4 nitrogen and oxygen atoms in total. The van der Waals surface area contributed by atoms with Crippen molar-refractivity contribution in [2.45, 2.75) is 18.4 Å². The lowest BCUT2D eigenvalue weighted by molar-refractivity contribution is 0.469. The molecule has 2 rings (SSSR count). The van der Waals surface area contributed by atoms with Gasteiger partial charge in [0.15, 0.2) is 0 Å². The summed E-state index contributed by atoms with van der Waals surface area (Å²) >= 11 is 16.8. The van der Waals surface area contributed by atoms with Crippen LogP contribution in [0.2, 0.25) is 10.0 Å². The Balaban J connectivity index is 2.38. The quantitative estimate of drug-likeness (QED) is 0.726. The summed E-state index contributed by atoms with van der Waals surface area (Å²) < 4.78 is 27.1. The molecule has 0 unspecified atom stereocenters. The summed E-state index contributed by atoms with van der Waals surface area (Å²) in [6.07, 6.45) is 1.66. The number of aromatic nitrogens is 1. The Kier molecular flexibility index (Phi) is 5.33. The number of halogens is 3. The third-order valence-electron chi connectivity index (χ3n) is 2.68. The molecule has 0 aliphatic carbocycles. The summed E-state index contributed by atoms with van der Waals surface area (Å²) in [5, 5.41) is 1.05. The molecule has 0 saturated carbocycles. The molecule has 1 aromatic carbocycles. The summed E-state index contributed by atoms with van der Waals surface area (Å²) in [6, 6.07) is 3.01. The van der Waals surface area contributed by atoms with E-state index in [4.69, 9.17) is 23.2 Å². The fraction of sp³-hybridized carbons (Fsp3) is 0.250. The number of benzene rings is 1. The topological polar surface area (TPSA) is 50.3 Å². The second-order valence-electron chi connectivity index (χ2n) is 4.31. The van der Waals surface area contributed by atoms with Crippen LogP contribution in [-0.4, -0.2) is 24.8 Å². The van der Waals surface area contributed by atoms with Crippen molar-refractivity contribution in [3.05, 3.63) is 42.7 Å². The molecule has 0 N–H and O–H groups in total. The molecule has 2 aromatic rings. The van der Waals surface area contributed by atoms with Gasteiger partial charge in [0.1, 0.15) is 4.90 Å². The number of aryl methyl sites for hydroxylation is 1. The second-order valence-corrected chi connectivity index (χ2v) is 9.34. The van der Waals surface area contributed by atoms with E-state index in [0.717, 1.165) is 9.88 Å². The lowest BCUT2D eigenvalue weighted by Gasteiger charge is -2.18. The van der Waals surface area contributed by atoms with Crippen molar-refractivity contribution in [2.75, 3.05) is 7.05 Å². The summed E-state index contributed by atoms with van der Waals surface area (Å²) in [7, 11) is -2.29. The average molecular weight is 430 g/mol. The standard InChI is InChI=1S/C12H11BrCl2N2O2S2/c1-7-16-5-9(20-7)6-17(2)21(18,19)12-10(14)3-8(13)4-11(12)15/h3-5H,6H2,1-2H3. The van der Waals surface area contributed by atoms with Crippen LogP contribution in [-0.2, 0) is 16.6 Å². The molecule has 0 amide bonds. The van der Waals surface area contributed by atoms with Gasteiger partial charge in [-0.25, -0.2) is 13.4 Å². The molecule has 0 aliphatic heterocycles. The van der Waals surface area contributed by atoms with E-state index < -0.39 is 10.0 Å². The minimum atomic E-state index is -3.78. The lowest BCUT2D eigenvalue weighted by atomic mass is 10.4. The van der Waals surface area contributed by atoms with Gasteiger partial charge in [0.05, 0.1) is 15.1 Å². The van der Waals surface area contributed by atoms with Crippen LogP contribution < -0.4 is 0 Å². The molecule has 1 aromatic heterocycles. The first-order chi connectivity index (χ1) is 9.71. The zero-order chi connectivity index (χ0) is 15.8. The Morgan fingerprint density at radius 2 is 1.90 bits per heavy atom. The van der Waals surface area contributed by atoms with Gasteiger partial charge >= 0.3 is 0 Å². The maximum atomic E-state index is 12.6. The Hall–Kier alpha value is -0.180. The van der Waals surface area contributed by atoms with E-state index in [9.17, 15) is 8.42 Å². The van der Waals surface area contributed by atoms with Gasteiger partial charge in [0.2, 0.25) is 10.0 Å². The monoisotopic (exact) mass is 428 g/mol. The summed E-state index contributed by atoms with van der Waals surface area (Å²) in [5.41, 5.74) is 0. The van der Waals surface area contributed by atoms with Gasteiger partial charge in [-0.05, 0) is 19.1 Å². The van der Waals surface area contributed by atoms with Crippen molar-refractivity contribution < 1.29 is 8.42 Å². The first kappa shape index (κ1) is 17.2. The largest absolute Gasteiger partial charge is 0.250 e. The number of rotatable bonds is 4. The van der Waals surface area contributed by atoms with Crippen molar-refractivity contribution >= 4 is 60.5 Å². The van der Waals surface area contributed by atoms with Crippen LogP contribution >= 0.6 is 50.5 Å². The average Bonchev–Trinajstić information content (AvgIpc) is 2.72. The first-order valence-corrected chi connectivity index (χ1v) is 9.54. The van der Waals surface area contributed by atoms with Crippen LogP contribution in [0.5, 0.6) is 0 Å². The van der Waals surface area contributed by atoms with Crippen molar-refractivity contribution in [2.24, 2.45) is 0 Å². The number of thiazole rings is 1. The Bertz CT molecular complexity index is 754. The number of sulfonamides is 1. The lowest BCUT2D eigenvalue weighted by Crippen LogP contribution is -2.26. The van der Waals surface area contributed by atoms with Gasteiger partial charge in [0.25, 0.3) is 0 Å². The molecule has 0 aliphatic rings. The van der Waals surface area contributed by atoms with E-state index in [-0.39, 0.29) is 21.5 Å². The highest BCUT2D eigenvalue weighted by Gasteiger charge is 2.27. The maximum absolute atomic E-state index is 12.6. The predicted octanol–water partition coefficient (Wildman–Crippen LogP) is 4.34. The highest BCUT2D eigenvalue weighted by atomic mass is 79.9. The molecule has 0 atom stereocenters. The molecule has 0 saturated heterocycles. The Morgan fingerprint density at radius 1 is 1.33 bits per heavy atom. The minimum absolute atomic E-state index is 0.0849. The highest BCUT2D eigenvalue weighted by Crippen LogP contribution is 2.34. The molecular weight excluding hydrogens is 419 g/mol. The number of hydrogen-bond donors (Lipinski definition) is 0. The summed E-state index contributed by atoms with van der Waals surface area (Å²) in [5.74, 6) is 0. The molecule has 21 heavy (non-hydrogen) atoms. The van der Waals surface area contributed by atoms with E-state index in [0.29, 0.717) is 4.47 Å². The molecule has 0 fully saturated rings. The normalized spacial score (nSPS) is 12.1. The highest BCUT2D eigenvalue weighted by molar-refractivity contribution is 9.10. The molecule has 0 bridgehead atoms. The molecule has 0 spiro atoms. The summed E-state index contributed by atoms with van der Waals surface area (Å²) in [6.45, 7) is 2.09. The van der Waals surface area contributed by atoms with Gasteiger partial charge in [-0.15, -0.1) is 11.3 Å². The van der Waals surface area contributed by atoms with E-state index >= 15 is 0 Å². The van der Waals surface area contributed by atoms with Crippen LogP contribution in [0, 0.1) is 6.92 Å². The molecule has 1 heterocycles. The van der Waals surface area contributed by atoms with Crippen molar-refractivity contribution in [1.29, 1.82) is 0 Å². The van der Waals surface area contributed by atoms with Gasteiger partial charge in [-0.2, -0.15) is 4.31 Å². The fourth-order valence-corrected chi connectivity index (χ4v) is 5.67. The predicted molar refractivity (Wildman–Crippen MR) is 89.7 cm³/mol.